The number of hydrogen-bond donors (Lipinski definition) is 0. The van der Waals surface area contributed by atoms with Gasteiger partial charge in [-0.1, -0.05) is 0 Å². The van der Waals surface area contributed by atoms with Gasteiger partial charge >= 0.3 is 0 Å². The standard InChI is InChI=1S/C19H18BrFN2O2/c1-13(24)14-2-5-16(6-3-14)22-8-10-23(11-9-22)19(25)17-12-15(21)4-7-18(17)20/h2-7,12H,8-11H2,1H3. The Balaban J connectivity index is 1.66. The van der Waals surface area contributed by atoms with Crippen LogP contribution < -0.4 is 4.90 Å². The molecule has 3 rings (SSSR count). The monoisotopic (exact) mass is 404 g/mol. The number of benzene rings is 2. The number of halogens is 2. The van der Waals surface area contributed by atoms with E-state index < -0.39 is 5.82 Å². The molecule has 25 heavy (non-hydrogen) atoms. The van der Waals surface area contributed by atoms with Gasteiger partial charge in [-0.05, 0) is 65.3 Å². The van der Waals surface area contributed by atoms with Crippen molar-refractivity contribution in [3.8, 4) is 0 Å². The van der Waals surface area contributed by atoms with E-state index in [9.17, 15) is 14.0 Å². The van der Waals surface area contributed by atoms with Crippen LogP contribution in [0.15, 0.2) is 46.9 Å². The molecule has 130 valence electrons. The lowest BCUT2D eigenvalue weighted by Gasteiger charge is -2.36. The molecule has 1 heterocycles. The fourth-order valence-corrected chi connectivity index (χ4v) is 3.32. The van der Waals surface area contributed by atoms with Gasteiger partial charge in [0.2, 0.25) is 0 Å². The van der Waals surface area contributed by atoms with Gasteiger partial charge in [-0.25, -0.2) is 4.39 Å². The van der Waals surface area contributed by atoms with Crippen molar-refractivity contribution < 1.29 is 14.0 Å². The van der Waals surface area contributed by atoms with Gasteiger partial charge in [-0.15, -0.1) is 0 Å². The Morgan fingerprint density at radius 1 is 1.00 bits per heavy atom. The number of hydrogen-bond acceptors (Lipinski definition) is 3. The summed E-state index contributed by atoms with van der Waals surface area (Å²) in [4.78, 5) is 27.9. The van der Waals surface area contributed by atoms with Crippen LogP contribution >= 0.6 is 15.9 Å². The van der Waals surface area contributed by atoms with Crippen LogP contribution in [-0.2, 0) is 0 Å². The van der Waals surface area contributed by atoms with Gasteiger partial charge in [0.25, 0.3) is 5.91 Å². The highest BCUT2D eigenvalue weighted by molar-refractivity contribution is 9.10. The quantitative estimate of drug-likeness (QED) is 0.731. The molecule has 2 aromatic rings. The number of piperazine rings is 1. The predicted molar refractivity (Wildman–Crippen MR) is 98.7 cm³/mol. The highest BCUT2D eigenvalue weighted by Crippen LogP contribution is 2.22. The second kappa shape index (κ2) is 7.35. The third-order valence-corrected chi connectivity index (χ3v) is 5.06. The van der Waals surface area contributed by atoms with Gasteiger partial charge in [0.1, 0.15) is 5.82 Å². The van der Waals surface area contributed by atoms with E-state index in [2.05, 4.69) is 20.8 Å². The largest absolute Gasteiger partial charge is 0.368 e. The number of carbonyl (C=O) groups excluding carboxylic acids is 2. The van der Waals surface area contributed by atoms with Crippen LogP contribution in [0.5, 0.6) is 0 Å². The first-order valence-corrected chi connectivity index (χ1v) is 8.85. The number of amides is 1. The summed E-state index contributed by atoms with van der Waals surface area (Å²) in [5.74, 6) is -0.545. The second-order valence-corrected chi connectivity index (χ2v) is 6.86. The molecule has 1 saturated heterocycles. The van der Waals surface area contributed by atoms with Gasteiger partial charge in [0.05, 0.1) is 5.56 Å². The van der Waals surface area contributed by atoms with Crippen molar-refractivity contribution in [2.45, 2.75) is 6.92 Å². The molecule has 0 N–H and O–H groups in total. The molecule has 2 aromatic carbocycles. The zero-order valence-electron chi connectivity index (χ0n) is 13.8. The summed E-state index contributed by atoms with van der Waals surface area (Å²) in [5, 5.41) is 0. The van der Waals surface area contributed by atoms with Crippen molar-refractivity contribution >= 4 is 33.3 Å². The maximum Gasteiger partial charge on any atom is 0.255 e. The molecule has 6 heteroatoms. The molecule has 0 bridgehead atoms. The first-order chi connectivity index (χ1) is 12.0. The fraction of sp³-hybridized carbons (Fsp3) is 0.263. The number of anilines is 1. The lowest BCUT2D eigenvalue weighted by molar-refractivity contribution is 0.0745. The molecular weight excluding hydrogens is 387 g/mol. The van der Waals surface area contributed by atoms with E-state index in [-0.39, 0.29) is 11.7 Å². The minimum atomic E-state index is -0.421. The summed E-state index contributed by atoms with van der Waals surface area (Å²) >= 11 is 3.31. The number of carbonyl (C=O) groups is 2. The Hall–Kier alpha value is -2.21. The molecule has 0 aromatic heterocycles. The summed E-state index contributed by atoms with van der Waals surface area (Å²) in [6, 6.07) is 11.6. The SMILES string of the molecule is CC(=O)c1ccc(N2CCN(C(=O)c3cc(F)ccc3Br)CC2)cc1. The maximum atomic E-state index is 13.4. The number of nitrogens with zero attached hydrogens (tertiary/aromatic N) is 2. The van der Waals surface area contributed by atoms with E-state index >= 15 is 0 Å². The van der Waals surface area contributed by atoms with E-state index in [1.165, 1.54) is 12.1 Å². The van der Waals surface area contributed by atoms with Crippen LogP contribution in [0.3, 0.4) is 0 Å². The molecule has 0 spiro atoms. The zero-order chi connectivity index (χ0) is 18.0. The van der Waals surface area contributed by atoms with Crippen LogP contribution in [0.25, 0.3) is 0 Å². The molecule has 0 unspecified atom stereocenters. The molecule has 1 amide bonds. The predicted octanol–water partition coefficient (Wildman–Crippen LogP) is 3.75. The van der Waals surface area contributed by atoms with E-state index in [1.54, 1.807) is 17.9 Å². The van der Waals surface area contributed by atoms with Crippen molar-refractivity contribution in [1.82, 2.24) is 4.90 Å². The smallest absolute Gasteiger partial charge is 0.255 e. The van der Waals surface area contributed by atoms with Gasteiger partial charge in [0, 0.05) is 41.9 Å². The van der Waals surface area contributed by atoms with Gasteiger partial charge < -0.3 is 9.80 Å². The topological polar surface area (TPSA) is 40.6 Å². The Bertz CT molecular complexity index is 800. The van der Waals surface area contributed by atoms with Crippen molar-refractivity contribution in [2.24, 2.45) is 0 Å². The summed E-state index contributed by atoms with van der Waals surface area (Å²) in [7, 11) is 0. The molecule has 0 radical (unpaired) electrons. The minimum absolute atomic E-state index is 0.0441. The third-order valence-electron chi connectivity index (χ3n) is 4.36. The summed E-state index contributed by atoms with van der Waals surface area (Å²) in [5.41, 5.74) is 2.07. The molecular formula is C19H18BrFN2O2. The van der Waals surface area contributed by atoms with E-state index in [4.69, 9.17) is 0 Å². The van der Waals surface area contributed by atoms with Crippen LogP contribution in [0.4, 0.5) is 10.1 Å². The van der Waals surface area contributed by atoms with Gasteiger partial charge in [-0.3, -0.25) is 9.59 Å². The number of ketones is 1. The molecule has 1 aliphatic rings. The van der Waals surface area contributed by atoms with Crippen LogP contribution in [0.1, 0.15) is 27.6 Å². The highest BCUT2D eigenvalue weighted by Gasteiger charge is 2.24. The molecule has 0 aliphatic carbocycles. The Morgan fingerprint density at radius 3 is 2.24 bits per heavy atom. The first-order valence-electron chi connectivity index (χ1n) is 8.06. The lowest BCUT2D eigenvalue weighted by atomic mass is 10.1. The van der Waals surface area contributed by atoms with Gasteiger partial charge in [-0.2, -0.15) is 0 Å². The van der Waals surface area contributed by atoms with E-state index in [1.807, 2.05) is 24.3 Å². The van der Waals surface area contributed by atoms with Crippen LogP contribution in [0.2, 0.25) is 0 Å². The summed E-state index contributed by atoms with van der Waals surface area (Å²) in [6.07, 6.45) is 0. The first kappa shape index (κ1) is 17.6. The molecule has 4 nitrogen and oxygen atoms in total. The highest BCUT2D eigenvalue weighted by atomic mass is 79.9. The van der Waals surface area contributed by atoms with Crippen molar-refractivity contribution in [3.63, 3.8) is 0 Å². The van der Waals surface area contributed by atoms with E-state index in [0.717, 1.165) is 5.69 Å². The fourth-order valence-electron chi connectivity index (χ4n) is 2.91. The average molecular weight is 405 g/mol. The van der Waals surface area contributed by atoms with Gasteiger partial charge in [0.15, 0.2) is 5.78 Å². The zero-order valence-corrected chi connectivity index (χ0v) is 15.4. The van der Waals surface area contributed by atoms with Crippen LogP contribution in [0, 0.1) is 5.82 Å². The van der Waals surface area contributed by atoms with Crippen molar-refractivity contribution in [2.75, 3.05) is 31.1 Å². The van der Waals surface area contributed by atoms with Crippen molar-refractivity contribution in [1.29, 1.82) is 0 Å². The lowest BCUT2D eigenvalue weighted by Crippen LogP contribution is -2.48. The Labute approximate surface area is 154 Å². The maximum absolute atomic E-state index is 13.4. The van der Waals surface area contributed by atoms with Crippen LogP contribution in [-0.4, -0.2) is 42.8 Å². The second-order valence-electron chi connectivity index (χ2n) is 6.01. The van der Waals surface area contributed by atoms with Crippen molar-refractivity contribution in [3.05, 3.63) is 63.9 Å². The average Bonchev–Trinajstić information content (AvgIpc) is 2.63. The minimum Gasteiger partial charge on any atom is -0.368 e. The molecule has 1 aliphatic heterocycles. The van der Waals surface area contributed by atoms with E-state index in [0.29, 0.717) is 41.8 Å². The Morgan fingerprint density at radius 2 is 1.64 bits per heavy atom. The number of Topliss-reactive ketones (excluding diaryl/α,β-unsaturated/α-hetero) is 1. The third kappa shape index (κ3) is 3.90. The molecule has 1 fully saturated rings. The molecule has 0 saturated carbocycles. The normalized spacial score (nSPS) is 14.5. The molecule has 0 atom stereocenters. The number of rotatable bonds is 3. The summed E-state index contributed by atoms with van der Waals surface area (Å²) < 4.78 is 14.0. The summed E-state index contributed by atoms with van der Waals surface area (Å²) in [6.45, 7) is 4.06. The Kier molecular flexibility index (Phi) is 5.18.